The van der Waals surface area contributed by atoms with Crippen molar-refractivity contribution < 1.29 is 9.47 Å². The van der Waals surface area contributed by atoms with Gasteiger partial charge in [-0.15, -0.1) is 0 Å². The Morgan fingerprint density at radius 3 is 2.62 bits per heavy atom. The van der Waals surface area contributed by atoms with Crippen molar-refractivity contribution in [2.24, 2.45) is 0 Å². The largest absolute Gasteiger partial charge is 0.496 e. The van der Waals surface area contributed by atoms with E-state index in [0.29, 0.717) is 28.5 Å². The molecule has 0 aliphatic rings. The van der Waals surface area contributed by atoms with Crippen molar-refractivity contribution in [3.8, 4) is 11.6 Å². The van der Waals surface area contributed by atoms with Crippen molar-refractivity contribution in [2.45, 2.75) is 6.92 Å². The van der Waals surface area contributed by atoms with Crippen LogP contribution in [-0.2, 0) is 0 Å². The summed E-state index contributed by atoms with van der Waals surface area (Å²) in [5, 5.41) is 0.328. The lowest BCUT2D eigenvalue weighted by Crippen LogP contribution is -2.12. The van der Waals surface area contributed by atoms with Crippen LogP contribution in [0.1, 0.15) is 5.82 Å². The second-order valence-corrected chi connectivity index (χ2v) is 3.22. The van der Waals surface area contributed by atoms with E-state index in [2.05, 4.69) is 15.0 Å². The van der Waals surface area contributed by atoms with E-state index in [9.17, 15) is 4.79 Å². The molecule has 6 heteroatoms. The Morgan fingerprint density at radius 1 is 1.25 bits per heavy atom. The average Bonchev–Trinajstić information content (AvgIpc) is 2.26. The Bertz CT molecular complexity index is 592. The van der Waals surface area contributed by atoms with Gasteiger partial charge in [-0.25, -0.2) is 4.98 Å². The number of nitrogens with one attached hydrogen (secondary N) is 1. The maximum absolute atomic E-state index is 11.7. The molecule has 0 aromatic carbocycles. The van der Waals surface area contributed by atoms with Crippen molar-refractivity contribution in [2.75, 3.05) is 14.2 Å². The van der Waals surface area contributed by atoms with E-state index in [-0.39, 0.29) is 5.56 Å². The van der Waals surface area contributed by atoms with Gasteiger partial charge in [0.25, 0.3) is 5.56 Å². The zero-order valence-electron chi connectivity index (χ0n) is 9.20. The molecule has 2 heterocycles. The molecule has 0 aliphatic heterocycles. The lowest BCUT2D eigenvalue weighted by molar-refractivity contribution is 0.386. The highest BCUT2D eigenvalue weighted by Gasteiger charge is 2.11. The third-order valence-corrected chi connectivity index (χ3v) is 2.16. The molecular weight excluding hydrogens is 210 g/mol. The highest BCUT2D eigenvalue weighted by atomic mass is 16.5. The Balaban J connectivity index is 2.89. The molecule has 0 fully saturated rings. The van der Waals surface area contributed by atoms with E-state index >= 15 is 0 Å². The van der Waals surface area contributed by atoms with Crippen molar-refractivity contribution >= 4 is 11.0 Å². The van der Waals surface area contributed by atoms with Gasteiger partial charge in [0.05, 0.1) is 14.2 Å². The molecule has 0 saturated carbocycles. The van der Waals surface area contributed by atoms with Crippen LogP contribution in [0.3, 0.4) is 0 Å². The number of hydrogen-bond donors (Lipinski definition) is 1. The summed E-state index contributed by atoms with van der Waals surface area (Å²) < 4.78 is 10.1. The van der Waals surface area contributed by atoms with Crippen LogP contribution in [0.25, 0.3) is 11.0 Å². The van der Waals surface area contributed by atoms with E-state index < -0.39 is 0 Å². The molecule has 84 valence electrons. The maximum atomic E-state index is 11.7. The molecule has 0 spiro atoms. The van der Waals surface area contributed by atoms with Crippen LogP contribution in [-0.4, -0.2) is 29.2 Å². The number of pyridine rings is 1. The topological polar surface area (TPSA) is 77.1 Å². The van der Waals surface area contributed by atoms with Crippen LogP contribution in [0.4, 0.5) is 0 Å². The third-order valence-electron chi connectivity index (χ3n) is 2.16. The minimum absolute atomic E-state index is 0.269. The van der Waals surface area contributed by atoms with Crippen LogP contribution >= 0.6 is 0 Å². The van der Waals surface area contributed by atoms with Gasteiger partial charge in [0.15, 0.2) is 5.65 Å². The van der Waals surface area contributed by atoms with Gasteiger partial charge in [0.1, 0.15) is 17.0 Å². The zero-order valence-corrected chi connectivity index (χ0v) is 9.20. The molecule has 2 aromatic heterocycles. The first-order chi connectivity index (χ1) is 7.65. The van der Waals surface area contributed by atoms with Gasteiger partial charge in [-0.2, -0.15) is 4.98 Å². The van der Waals surface area contributed by atoms with Gasteiger partial charge in [-0.1, -0.05) is 0 Å². The van der Waals surface area contributed by atoms with Crippen LogP contribution in [0.2, 0.25) is 0 Å². The third kappa shape index (κ3) is 1.58. The zero-order chi connectivity index (χ0) is 11.7. The molecular formula is C10H11N3O3. The monoisotopic (exact) mass is 221 g/mol. The minimum Gasteiger partial charge on any atom is -0.496 e. The first kappa shape index (κ1) is 10.4. The number of nitrogens with zero attached hydrogens (tertiary/aromatic N) is 2. The lowest BCUT2D eigenvalue weighted by atomic mass is 10.3. The van der Waals surface area contributed by atoms with Crippen LogP contribution in [0.5, 0.6) is 11.6 Å². The number of rotatable bonds is 2. The Morgan fingerprint density at radius 2 is 2.00 bits per heavy atom. The molecule has 16 heavy (non-hydrogen) atoms. The summed E-state index contributed by atoms with van der Waals surface area (Å²) in [4.78, 5) is 22.5. The quantitative estimate of drug-likeness (QED) is 0.805. The predicted octanol–water partition coefficient (Wildman–Crippen LogP) is 0.644. The van der Waals surface area contributed by atoms with Gasteiger partial charge in [0.2, 0.25) is 5.88 Å². The van der Waals surface area contributed by atoms with E-state index in [1.54, 1.807) is 13.0 Å². The fourth-order valence-electron chi connectivity index (χ4n) is 1.46. The number of H-pyrrole nitrogens is 1. The molecule has 2 aromatic rings. The van der Waals surface area contributed by atoms with Gasteiger partial charge in [-0.05, 0) is 6.92 Å². The van der Waals surface area contributed by atoms with Gasteiger partial charge >= 0.3 is 0 Å². The van der Waals surface area contributed by atoms with E-state index in [0.717, 1.165) is 0 Å². The first-order valence-electron chi connectivity index (χ1n) is 4.65. The molecule has 0 unspecified atom stereocenters. The van der Waals surface area contributed by atoms with Crippen LogP contribution in [0.15, 0.2) is 10.9 Å². The van der Waals surface area contributed by atoms with Gasteiger partial charge in [0, 0.05) is 6.07 Å². The molecule has 1 N–H and O–H groups in total. The maximum Gasteiger partial charge on any atom is 0.264 e. The van der Waals surface area contributed by atoms with E-state index in [4.69, 9.17) is 9.47 Å². The Kier molecular flexibility index (Phi) is 2.47. The summed E-state index contributed by atoms with van der Waals surface area (Å²) in [6.07, 6.45) is 0. The predicted molar refractivity (Wildman–Crippen MR) is 58.0 cm³/mol. The summed E-state index contributed by atoms with van der Waals surface area (Å²) in [5.74, 6) is 1.26. The highest BCUT2D eigenvalue weighted by Crippen LogP contribution is 2.24. The molecule has 0 atom stereocenters. The van der Waals surface area contributed by atoms with Crippen molar-refractivity contribution in [3.63, 3.8) is 0 Å². The number of methoxy groups -OCH3 is 2. The minimum atomic E-state index is -0.269. The first-order valence-corrected chi connectivity index (χ1v) is 4.65. The normalized spacial score (nSPS) is 10.4. The molecule has 6 nitrogen and oxygen atoms in total. The molecule has 0 aliphatic carbocycles. The molecule has 0 radical (unpaired) electrons. The molecule has 0 amide bonds. The molecule has 2 rings (SSSR count). The SMILES string of the molecule is COc1cc(OC)c2c(=O)[nH]c(C)nc2n1. The number of aryl methyl sites for hydroxylation is 1. The smallest absolute Gasteiger partial charge is 0.264 e. The van der Waals surface area contributed by atoms with Crippen molar-refractivity contribution in [1.82, 2.24) is 15.0 Å². The number of aromatic amines is 1. The fraction of sp³-hybridized carbons (Fsp3) is 0.300. The summed E-state index contributed by atoms with van der Waals surface area (Å²) in [5.41, 5.74) is 0.0481. The number of ether oxygens (including phenoxy) is 2. The Labute approximate surface area is 91.3 Å². The lowest BCUT2D eigenvalue weighted by Gasteiger charge is -2.06. The molecule has 0 bridgehead atoms. The van der Waals surface area contributed by atoms with E-state index in [1.807, 2.05) is 0 Å². The van der Waals surface area contributed by atoms with Gasteiger partial charge < -0.3 is 14.5 Å². The summed E-state index contributed by atoms with van der Waals surface area (Å²) in [6.45, 7) is 1.69. The van der Waals surface area contributed by atoms with Crippen LogP contribution < -0.4 is 15.0 Å². The standard InChI is InChI=1S/C10H11N3O3/c1-5-11-9-8(10(14)12-5)6(15-2)4-7(13-9)16-3/h4H,1-3H3,(H,11,12,13,14). The fourth-order valence-corrected chi connectivity index (χ4v) is 1.46. The summed E-state index contributed by atoms with van der Waals surface area (Å²) in [7, 11) is 2.97. The van der Waals surface area contributed by atoms with Crippen molar-refractivity contribution in [3.05, 3.63) is 22.2 Å². The van der Waals surface area contributed by atoms with Gasteiger partial charge in [-0.3, -0.25) is 4.79 Å². The van der Waals surface area contributed by atoms with Crippen molar-refractivity contribution in [1.29, 1.82) is 0 Å². The second kappa shape index (κ2) is 3.80. The second-order valence-electron chi connectivity index (χ2n) is 3.22. The van der Waals surface area contributed by atoms with E-state index in [1.165, 1.54) is 14.2 Å². The number of fused-ring (bicyclic) bond motifs is 1. The number of hydrogen-bond acceptors (Lipinski definition) is 5. The number of aromatic nitrogens is 3. The highest BCUT2D eigenvalue weighted by molar-refractivity contribution is 5.81. The average molecular weight is 221 g/mol. The molecule has 0 saturated heterocycles. The Hall–Kier alpha value is -2.11. The van der Waals surface area contributed by atoms with Crippen LogP contribution in [0, 0.1) is 6.92 Å². The summed E-state index contributed by atoms with van der Waals surface area (Å²) in [6, 6.07) is 1.55. The summed E-state index contributed by atoms with van der Waals surface area (Å²) >= 11 is 0.